The number of nitrogen functional groups attached to an aromatic ring is 1. The van der Waals surface area contributed by atoms with E-state index in [0.717, 1.165) is 0 Å². The zero-order valence-electron chi connectivity index (χ0n) is 11.3. The molecule has 2 N–H and O–H groups in total. The number of nitrogens with two attached hydrogens (primary N) is 1. The molecule has 0 bridgehead atoms. The molecule has 0 radical (unpaired) electrons. The van der Waals surface area contributed by atoms with Crippen LogP contribution in [0.1, 0.15) is 0 Å². The Kier molecular flexibility index (Phi) is 3.65. The summed E-state index contributed by atoms with van der Waals surface area (Å²) < 4.78 is 33.8. The van der Waals surface area contributed by atoms with E-state index >= 15 is 0 Å². The second-order valence-corrected chi connectivity index (χ2v) is 4.48. The number of ether oxygens (including phenoxy) is 1. The molecular weight excluding hydrogens is 288 g/mol. The van der Waals surface area contributed by atoms with E-state index in [-0.39, 0.29) is 22.7 Å². The Balaban J connectivity index is 2.01. The van der Waals surface area contributed by atoms with Gasteiger partial charge < -0.3 is 10.5 Å². The number of nitrogens with zero attached hydrogens (tertiary/aromatic N) is 2. The van der Waals surface area contributed by atoms with E-state index in [0.29, 0.717) is 5.75 Å². The van der Waals surface area contributed by atoms with Crippen LogP contribution in [0.3, 0.4) is 0 Å². The Morgan fingerprint density at radius 2 is 1.68 bits per heavy atom. The summed E-state index contributed by atoms with van der Waals surface area (Å²) in [5.41, 5.74) is 5.87. The Morgan fingerprint density at radius 1 is 0.909 bits per heavy atom. The fraction of sp³-hybridized carbons (Fsp3) is 0. The molecule has 22 heavy (non-hydrogen) atoms. The summed E-state index contributed by atoms with van der Waals surface area (Å²) in [6, 6.07) is 11.3. The maximum Gasteiger partial charge on any atom is 0.201 e. The fourth-order valence-electron chi connectivity index (χ4n) is 1.98. The summed E-state index contributed by atoms with van der Waals surface area (Å²) >= 11 is 0. The van der Waals surface area contributed by atoms with Crippen LogP contribution in [0.2, 0.25) is 0 Å². The summed E-state index contributed by atoms with van der Waals surface area (Å²) in [5.74, 6) is -1.87. The average molecular weight is 299 g/mol. The first-order valence-corrected chi connectivity index (χ1v) is 6.43. The Morgan fingerprint density at radius 3 is 2.41 bits per heavy atom. The topological polar surface area (TPSA) is 61.0 Å². The molecule has 0 atom stereocenters. The van der Waals surface area contributed by atoms with Gasteiger partial charge in [0.25, 0.3) is 0 Å². The van der Waals surface area contributed by atoms with Crippen molar-refractivity contribution in [2.75, 3.05) is 5.73 Å². The number of anilines is 1. The van der Waals surface area contributed by atoms with Crippen molar-refractivity contribution in [3.63, 3.8) is 0 Å². The van der Waals surface area contributed by atoms with E-state index in [2.05, 4.69) is 9.97 Å². The third-order valence-electron chi connectivity index (χ3n) is 3.05. The standard InChI is InChI=1S/C16H11F2N3O/c17-14-11(12-8-20-9-21-16(12)19)6-7-13(15(14)18)22-10-4-2-1-3-5-10/h1-9H,(H2,19,20,21). The molecular formula is C16H11F2N3O. The quantitative estimate of drug-likeness (QED) is 0.799. The molecule has 0 spiro atoms. The second-order valence-electron chi connectivity index (χ2n) is 4.48. The number of rotatable bonds is 3. The van der Waals surface area contributed by atoms with Crippen molar-refractivity contribution >= 4 is 5.82 Å². The van der Waals surface area contributed by atoms with Gasteiger partial charge in [0.2, 0.25) is 5.82 Å². The van der Waals surface area contributed by atoms with Gasteiger partial charge in [-0.15, -0.1) is 0 Å². The van der Waals surface area contributed by atoms with Crippen LogP contribution in [-0.2, 0) is 0 Å². The lowest BCUT2D eigenvalue weighted by atomic mass is 10.1. The Bertz CT molecular complexity index is 810. The first kappa shape index (κ1) is 13.9. The first-order chi connectivity index (χ1) is 10.7. The molecule has 0 aliphatic rings. The summed E-state index contributed by atoms with van der Waals surface area (Å²) in [6.07, 6.45) is 2.57. The molecule has 3 rings (SSSR count). The van der Waals surface area contributed by atoms with E-state index in [1.54, 1.807) is 30.3 Å². The molecule has 0 amide bonds. The van der Waals surface area contributed by atoms with Crippen molar-refractivity contribution in [2.24, 2.45) is 0 Å². The zero-order chi connectivity index (χ0) is 15.5. The molecule has 1 heterocycles. The van der Waals surface area contributed by atoms with Crippen molar-refractivity contribution in [3.8, 4) is 22.6 Å². The summed E-state index contributed by atoms with van der Waals surface area (Å²) in [4.78, 5) is 7.53. The molecule has 0 fully saturated rings. The van der Waals surface area contributed by atoms with Crippen molar-refractivity contribution in [1.82, 2.24) is 9.97 Å². The van der Waals surface area contributed by atoms with Crippen LogP contribution in [0.25, 0.3) is 11.1 Å². The van der Waals surface area contributed by atoms with Crippen LogP contribution < -0.4 is 10.5 Å². The summed E-state index contributed by atoms with van der Waals surface area (Å²) in [5, 5.41) is 0. The van der Waals surface area contributed by atoms with Gasteiger partial charge in [0.05, 0.1) is 0 Å². The van der Waals surface area contributed by atoms with E-state index in [4.69, 9.17) is 10.5 Å². The molecule has 0 aliphatic heterocycles. The highest BCUT2D eigenvalue weighted by Crippen LogP contribution is 2.33. The number of benzene rings is 2. The Labute approximate surface area is 125 Å². The first-order valence-electron chi connectivity index (χ1n) is 6.43. The van der Waals surface area contributed by atoms with Gasteiger partial charge in [-0.2, -0.15) is 4.39 Å². The molecule has 0 unspecified atom stereocenters. The van der Waals surface area contributed by atoms with Crippen molar-refractivity contribution in [3.05, 3.63) is 66.6 Å². The predicted molar refractivity (Wildman–Crippen MR) is 78.3 cm³/mol. The van der Waals surface area contributed by atoms with Crippen molar-refractivity contribution in [1.29, 1.82) is 0 Å². The average Bonchev–Trinajstić information content (AvgIpc) is 2.54. The van der Waals surface area contributed by atoms with Crippen molar-refractivity contribution < 1.29 is 13.5 Å². The lowest BCUT2D eigenvalue weighted by Crippen LogP contribution is -1.99. The van der Waals surface area contributed by atoms with Gasteiger partial charge >= 0.3 is 0 Å². The molecule has 2 aromatic carbocycles. The number of para-hydroxylation sites is 1. The number of aromatic nitrogens is 2. The molecule has 6 heteroatoms. The third kappa shape index (κ3) is 2.58. The molecule has 3 aromatic rings. The molecule has 0 saturated carbocycles. The van der Waals surface area contributed by atoms with Gasteiger partial charge in [-0.3, -0.25) is 0 Å². The van der Waals surface area contributed by atoms with Gasteiger partial charge in [0, 0.05) is 17.3 Å². The van der Waals surface area contributed by atoms with E-state index in [1.165, 1.54) is 24.7 Å². The van der Waals surface area contributed by atoms with Crippen LogP contribution in [0.5, 0.6) is 11.5 Å². The molecule has 110 valence electrons. The lowest BCUT2D eigenvalue weighted by Gasteiger charge is -2.10. The van der Waals surface area contributed by atoms with Gasteiger partial charge in [-0.25, -0.2) is 14.4 Å². The highest BCUT2D eigenvalue weighted by atomic mass is 19.2. The number of hydrogen-bond acceptors (Lipinski definition) is 4. The number of hydrogen-bond donors (Lipinski definition) is 1. The highest BCUT2D eigenvalue weighted by molar-refractivity contribution is 5.73. The normalized spacial score (nSPS) is 10.5. The maximum atomic E-state index is 14.3. The highest BCUT2D eigenvalue weighted by Gasteiger charge is 2.18. The smallest absolute Gasteiger partial charge is 0.201 e. The van der Waals surface area contributed by atoms with Crippen LogP contribution in [0.15, 0.2) is 55.0 Å². The minimum absolute atomic E-state index is 0.0176. The summed E-state index contributed by atoms with van der Waals surface area (Å²) in [7, 11) is 0. The molecule has 1 aromatic heterocycles. The number of halogens is 2. The fourth-order valence-corrected chi connectivity index (χ4v) is 1.98. The predicted octanol–water partition coefficient (Wildman–Crippen LogP) is 3.80. The summed E-state index contributed by atoms with van der Waals surface area (Å²) in [6.45, 7) is 0. The van der Waals surface area contributed by atoms with Crippen LogP contribution >= 0.6 is 0 Å². The van der Waals surface area contributed by atoms with Gasteiger partial charge in [-0.05, 0) is 24.3 Å². The van der Waals surface area contributed by atoms with E-state index < -0.39 is 11.6 Å². The lowest BCUT2D eigenvalue weighted by molar-refractivity contribution is 0.417. The zero-order valence-corrected chi connectivity index (χ0v) is 11.3. The van der Waals surface area contributed by atoms with Crippen LogP contribution in [0, 0.1) is 11.6 Å². The van der Waals surface area contributed by atoms with Gasteiger partial charge in [-0.1, -0.05) is 18.2 Å². The Hall–Kier alpha value is -3.02. The van der Waals surface area contributed by atoms with Gasteiger partial charge in [0.15, 0.2) is 11.6 Å². The second kappa shape index (κ2) is 5.77. The molecule has 0 aliphatic carbocycles. The molecule has 0 saturated heterocycles. The SMILES string of the molecule is Nc1ncncc1-c1ccc(Oc2ccccc2)c(F)c1F. The van der Waals surface area contributed by atoms with E-state index in [9.17, 15) is 8.78 Å². The molecule has 4 nitrogen and oxygen atoms in total. The minimum Gasteiger partial charge on any atom is -0.454 e. The largest absolute Gasteiger partial charge is 0.454 e. The van der Waals surface area contributed by atoms with Gasteiger partial charge in [0.1, 0.15) is 17.9 Å². The monoisotopic (exact) mass is 299 g/mol. The third-order valence-corrected chi connectivity index (χ3v) is 3.05. The van der Waals surface area contributed by atoms with Crippen molar-refractivity contribution in [2.45, 2.75) is 0 Å². The van der Waals surface area contributed by atoms with Crippen LogP contribution in [0.4, 0.5) is 14.6 Å². The minimum atomic E-state index is -1.09. The maximum absolute atomic E-state index is 14.3. The van der Waals surface area contributed by atoms with Crippen LogP contribution in [-0.4, -0.2) is 9.97 Å². The van der Waals surface area contributed by atoms with E-state index in [1.807, 2.05) is 0 Å².